The number of nitrogens with one attached hydrogen (secondary N) is 1. The minimum Gasteiger partial charge on any atom is -0.497 e. The van der Waals surface area contributed by atoms with E-state index in [-0.39, 0.29) is 12.6 Å². The Hall–Kier alpha value is -2.89. The van der Waals surface area contributed by atoms with Gasteiger partial charge in [-0.25, -0.2) is 0 Å². The van der Waals surface area contributed by atoms with Gasteiger partial charge in [-0.2, -0.15) is 0 Å². The molecule has 31 heavy (non-hydrogen) atoms. The van der Waals surface area contributed by atoms with E-state index in [1.165, 1.54) is 11.1 Å². The van der Waals surface area contributed by atoms with Crippen molar-refractivity contribution in [2.24, 2.45) is 0 Å². The number of ether oxygens (including phenoxy) is 1. The number of aliphatic carboxylic acids is 1. The molecular formula is C26H33NO4. The van der Waals surface area contributed by atoms with Crippen LogP contribution < -0.4 is 10.1 Å². The number of fused-ring (bicyclic) bond motifs is 1. The van der Waals surface area contributed by atoms with E-state index in [0.717, 1.165) is 35.1 Å². The van der Waals surface area contributed by atoms with Gasteiger partial charge < -0.3 is 20.3 Å². The first-order chi connectivity index (χ1) is 14.9. The number of hydrogen-bond donors (Lipinski definition) is 3. The molecule has 0 aliphatic rings. The average Bonchev–Trinajstić information content (AvgIpc) is 2.80. The molecule has 0 spiro atoms. The highest BCUT2D eigenvalue weighted by atomic mass is 16.5. The van der Waals surface area contributed by atoms with Crippen LogP contribution in [0.3, 0.4) is 0 Å². The van der Waals surface area contributed by atoms with Gasteiger partial charge in [0.1, 0.15) is 5.75 Å². The molecule has 0 amide bonds. The van der Waals surface area contributed by atoms with E-state index >= 15 is 0 Å². The SMILES string of the molecule is CCC(CO)NCc1ccc(C)cc1.COc1ccc2cc(C(C)C(=O)O)ccc2c1. The van der Waals surface area contributed by atoms with Crippen LogP contribution in [0.25, 0.3) is 10.8 Å². The summed E-state index contributed by atoms with van der Waals surface area (Å²) < 4.78 is 5.14. The van der Waals surface area contributed by atoms with Crippen molar-refractivity contribution in [3.05, 3.63) is 77.4 Å². The van der Waals surface area contributed by atoms with Crippen molar-refractivity contribution in [3.63, 3.8) is 0 Å². The van der Waals surface area contributed by atoms with Gasteiger partial charge in [0, 0.05) is 12.6 Å². The number of aryl methyl sites for hydroxylation is 1. The predicted octanol–water partition coefficient (Wildman–Crippen LogP) is 4.89. The minimum absolute atomic E-state index is 0.211. The number of aliphatic hydroxyl groups is 1. The highest BCUT2D eigenvalue weighted by molar-refractivity contribution is 5.86. The highest BCUT2D eigenvalue weighted by Crippen LogP contribution is 2.25. The molecule has 0 bridgehead atoms. The fourth-order valence-corrected chi connectivity index (χ4v) is 3.09. The summed E-state index contributed by atoms with van der Waals surface area (Å²) >= 11 is 0. The summed E-state index contributed by atoms with van der Waals surface area (Å²) in [5, 5.41) is 23.3. The number of benzene rings is 3. The Balaban J connectivity index is 0.000000225. The molecule has 3 N–H and O–H groups in total. The molecule has 3 rings (SSSR count). The quantitative estimate of drug-likeness (QED) is 0.481. The van der Waals surface area contributed by atoms with Crippen molar-refractivity contribution in [1.29, 1.82) is 0 Å². The van der Waals surface area contributed by atoms with Gasteiger partial charge in [-0.15, -0.1) is 0 Å². The van der Waals surface area contributed by atoms with Crippen LogP contribution in [0.15, 0.2) is 60.7 Å². The molecule has 166 valence electrons. The molecule has 0 aliphatic heterocycles. The van der Waals surface area contributed by atoms with Gasteiger partial charge in [-0.1, -0.05) is 61.0 Å². The number of methoxy groups -OCH3 is 1. The molecule has 3 aromatic carbocycles. The Morgan fingerprint density at radius 3 is 2.26 bits per heavy atom. The zero-order chi connectivity index (χ0) is 22.8. The first-order valence-corrected chi connectivity index (χ1v) is 10.6. The maximum atomic E-state index is 10.9. The second-order valence-corrected chi connectivity index (χ2v) is 7.69. The van der Waals surface area contributed by atoms with Gasteiger partial charge in [0.2, 0.25) is 0 Å². The van der Waals surface area contributed by atoms with Crippen molar-refractivity contribution >= 4 is 16.7 Å². The Bertz CT molecular complexity index is 965. The van der Waals surface area contributed by atoms with E-state index in [0.29, 0.717) is 0 Å². The zero-order valence-corrected chi connectivity index (χ0v) is 18.8. The van der Waals surface area contributed by atoms with Crippen LogP contribution >= 0.6 is 0 Å². The van der Waals surface area contributed by atoms with E-state index < -0.39 is 11.9 Å². The van der Waals surface area contributed by atoms with Crippen molar-refractivity contribution in [2.45, 2.75) is 45.7 Å². The molecule has 0 saturated carbocycles. The van der Waals surface area contributed by atoms with Gasteiger partial charge in [0.15, 0.2) is 0 Å². The number of carbonyl (C=O) groups is 1. The lowest BCUT2D eigenvalue weighted by Crippen LogP contribution is -2.31. The van der Waals surface area contributed by atoms with E-state index in [9.17, 15) is 4.79 Å². The second-order valence-electron chi connectivity index (χ2n) is 7.69. The molecule has 0 aliphatic carbocycles. The minimum atomic E-state index is -0.808. The lowest BCUT2D eigenvalue weighted by atomic mass is 9.98. The maximum Gasteiger partial charge on any atom is 0.310 e. The molecular weight excluding hydrogens is 390 g/mol. The third kappa shape index (κ3) is 7.39. The fourth-order valence-electron chi connectivity index (χ4n) is 3.09. The van der Waals surface area contributed by atoms with Gasteiger partial charge >= 0.3 is 5.97 Å². The molecule has 3 aromatic rings. The maximum absolute atomic E-state index is 10.9. The smallest absolute Gasteiger partial charge is 0.310 e. The zero-order valence-electron chi connectivity index (χ0n) is 18.8. The summed E-state index contributed by atoms with van der Waals surface area (Å²) in [7, 11) is 1.63. The molecule has 5 heteroatoms. The second kappa shape index (κ2) is 12.1. The van der Waals surface area contributed by atoms with Crippen LogP contribution in [0.5, 0.6) is 5.75 Å². The summed E-state index contributed by atoms with van der Waals surface area (Å²) in [5.74, 6) is -0.490. The van der Waals surface area contributed by atoms with Crippen LogP contribution in [0.1, 0.15) is 42.9 Å². The van der Waals surface area contributed by atoms with E-state index in [2.05, 4.69) is 43.4 Å². The number of carboxylic acid groups (broad SMARTS) is 1. The molecule has 0 saturated heterocycles. The predicted molar refractivity (Wildman–Crippen MR) is 126 cm³/mol. The monoisotopic (exact) mass is 423 g/mol. The standard InChI is InChI=1S/C14H14O3.C12H19NO/c1-9(14(15)16)10-3-4-12-8-13(17-2)6-5-11(12)7-10;1-3-12(9-14)13-8-11-6-4-10(2)5-7-11/h3-9H,1-2H3,(H,15,16);4-7,12-14H,3,8-9H2,1-2H3. The van der Waals surface area contributed by atoms with E-state index in [4.69, 9.17) is 14.9 Å². The van der Waals surface area contributed by atoms with E-state index in [1.807, 2.05) is 36.4 Å². The van der Waals surface area contributed by atoms with Crippen molar-refractivity contribution < 1.29 is 19.7 Å². The van der Waals surface area contributed by atoms with Gasteiger partial charge in [0.05, 0.1) is 19.6 Å². The summed E-state index contributed by atoms with van der Waals surface area (Å²) in [6.07, 6.45) is 0.961. The summed E-state index contributed by atoms with van der Waals surface area (Å²) in [6, 6.07) is 20.1. The lowest BCUT2D eigenvalue weighted by molar-refractivity contribution is -0.138. The van der Waals surface area contributed by atoms with Gasteiger partial charge in [0.25, 0.3) is 0 Å². The van der Waals surface area contributed by atoms with Crippen LogP contribution in [0.4, 0.5) is 0 Å². The van der Waals surface area contributed by atoms with E-state index in [1.54, 1.807) is 14.0 Å². The fraction of sp³-hybridized carbons (Fsp3) is 0.346. The van der Waals surface area contributed by atoms with Crippen LogP contribution in [0.2, 0.25) is 0 Å². The molecule has 0 radical (unpaired) electrons. The summed E-state index contributed by atoms with van der Waals surface area (Å²) in [6.45, 7) is 6.89. The molecule has 2 atom stereocenters. The Kier molecular flexibility index (Phi) is 9.50. The number of hydrogen-bond acceptors (Lipinski definition) is 4. The highest BCUT2D eigenvalue weighted by Gasteiger charge is 2.13. The third-order valence-electron chi connectivity index (χ3n) is 5.37. The Morgan fingerprint density at radius 1 is 1.03 bits per heavy atom. The average molecular weight is 424 g/mol. The summed E-state index contributed by atoms with van der Waals surface area (Å²) in [4.78, 5) is 10.9. The number of rotatable bonds is 8. The first kappa shape index (κ1) is 24.4. The van der Waals surface area contributed by atoms with Crippen LogP contribution in [-0.2, 0) is 11.3 Å². The van der Waals surface area contributed by atoms with Crippen molar-refractivity contribution in [3.8, 4) is 5.75 Å². The van der Waals surface area contributed by atoms with Crippen molar-refractivity contribution in [2.75, 3.05) is 13.7 Å². The largest absolute Gasteiger partial charge is 0.497 e. The van der Waals surface area contributed by atoms with Gasteiger partial charge in [-0.3, -0.25) is 4.79 Å². The summed E-state index contributed by atoms with van der Waals surface area (Å²) in [5.41, 5.74) is 3.36. The Morgan fingerprint density at radius 2 is 1.68 bits per heavy atom. The molecule has 2 unspecified atom stereocenters. The number of aliphatic hydroxyl groups excluding tert-OH is 1. The van der Waals surface area contributed by atoms with Crippen LogP contribution in [-0.4, -0.2) is 35.9 Å². The van der Waals surface area contributed by atoms with Crippen molar-refractivity contribution in [1.82, 2.24) is 5.32 Å². The topological polar surface area (TPSA) is 78.8 Å². The van der Waals surface area contributed by atoms with Crippen LogP contribution in [0, 0.1) is 6.92 Å². The van der Waals surface area contributed by atoms with Gasteiger partial charge in [-0.05, 0) is 54.3 Å². The third-order valence-corrected chi connectivity index (χ3v) is 5.37. The first-order valence-electron chi connectivity index (χ1n) is 10.6. The molecule has 0 aromatic heterocycles. The molecule has 0 heterocycles. The Labute approximate surface area is 184 Å². The molecule has 0 fully saturated rings. The lowest BCUT2D eigenvalue weighted by Gasteiger charge is -2.13. The number of carboxylic acids is 1. The normalized spacial score (nSPS) is 12.5. The molecule has 5 nitrogen and oxygen atoms in total.